The van der Waals surface area contributed by atoms with E-state index in [1.807, 2.05) is 20.8 Å². The van der Waals surface area contributed by atoms with Crippen LogP contribution in [0.25, 0.3) is 0 Å². The fourth-order valence-electron chi connectivity index (χ4n) is 2.86. The van der Waals surface area contributed by atoms with Gasteiger partial charge in [0.05, 0.1) is 6.10 Å². The fraction of sp³-hybridized carbons (Fsp3) is 0.917. The summed E-state index contributed by atoms with van der Waals surface area (Å²) in [5.41, 5.74) is -0.444. The van der Waals surface area contributed by atoms with Gasteiger partial charge >= 0.3 is 6.09 Å². The Hall–Kier alpha value is -0.770. The molecule has 1 N–H and O–H groups in total. The molecule has 1 saturated heterocycles. The molecule has 16 heavy (non-hydrogen) atoms. The van der Waals surface area contributed by atoms with Crippen molar-refractivity contribution < 1.29 is 14.6 Å². The Labute approximate surface area is 96.6 Å². The van der Waals surface area contributed by atoms with Crippen LogP contribution >= 0.6 is 0 Å². The number of hydrogen-bond acceptors (Lipinski definition) is 3. The normalized spacial score (nSPS) is 37.9. The molecule has 2 rings (SSSR count). The van der Waals surface area contributed by atoms with E-state index in [0.29, 0.717) is 18.9 Å². The monoisotopic (exact) mass is 227 g/mol. The summed E-state index contributed by atoms with van der Waals surface area (Å²) in [6, 6.07) is 0.162. The molecule has 1 heterocycles. The third-order valence-electron chi connectivity index (χ3n) is 3.70. The molecular weight excluding hydrogens is 206 g/mol. The lowest BCUT2D eigenvalue weighted by atomic mass is 9.99. The van der Waals surface area contributed by atoms with E-state index in [9.17, 15) is 9.90 Å². The van der Waals surface area contributed by atoms with E-state index in [2.05, 4.69) is 6.92 Å². The van der Waals surface area contributed by atoms with Crippen LogP contribution in [0.2, 0.25) is 0 Å². The van der Waals surface area contributed by atoms with Gasteiger partial charge in [0.15, 0.2) is 0 Å². The summed E-state index contributed by atoms with van der Waals surface area (Å²) in [5, 5.41) is 9.74. The first-order valence-electron chi connectivity index (χ1n) is 5.97. The van der Waals surface area contributed by atoms with Gasteiger partial charge in [-0.15, -0.1) is 0 Å². The van der Waals surface area contributed by atoms with Gasteiger partial charge in [-0.3, -0.25) is 0 Å². The molecular formula is C12H21NO3. The second-order valence-electron chi connectivity index (χ2n) is 6.03. The zero-order valence-corrected chi connectivity index (χ0v) is 10.4. The van der Waals surface area contributed by atoms with E-state index in [1.165, 1.54) is 0 Å². The quantitative estimate of drug-likeness (QED) is 0.684. The minimum atomic E-state index is -0.444. The van der Waals surface area contributed by atoms with Crippen molar-refractivity contribution in [1.29, 1.82) is 0 Å². The Morgan fingerprint density at radius 3 is 2.44 bits per heavy atom. The second-order valence-corrected chi connectivity index (χ2v) is 6.03. The molecule has 1 aliphatic carbocycles. The second kappa shape index (κ2) is 3.62. The minimum absolute atomic E-state index is 0.162. The van der Waals surface area contributed by atoms with Crippen molar-refractivity contribution in [1.82, 2.24) is 4.90 Å². The average Bonchev–Trinajstić information content (AvgIpc) is 2.55. The number of hydrogen-bond donors (Lipinski definition) is 1. The van der Waals surface area contributed by atoms with Gasteiger partial charge < -0.3 is 14.7 Å². The number of carbonyl (C=O) groups excluding carboxylic acids is 1. The summed E-state index contributed by atoms with van der Waals surface area (Å²) in [7, 11) is 0. The van der Waals surface area contributed by atoms with Gasteiger partial charge in [0, 0.05) is 18.5 Å². The molecule has 92 valence electrons. The highest BCUT2D eigenvalue weighted by atomic mass is 16.6. The van der Waals surface area contributed by atoms with Crippen LogP contribution in [0.5, 0.6) is 0 Å². The van der Waals surface area contributed by atoms with Gasteiger partial charge in [0.2, 0.25) is 0 Å². The maximum atomic E-state index is 11.9. The van der Waals surface area contributed by atoms with Crippen molar-refractivity contribution in [2.75, 3.05) is 6.54 Å². The van der Waals surface area contributed by atoms with E-state index in [0.717, 1.165) is 0 Å². The summed E-state index contributed by atoms with van der Waals surface area (Å²) in [6.45, 7) is 8.37. The lowest BCUT2D eigenvalue weighted by molar-refractivity contribution is 0.00776. The number of nitrogens with zero attached hydrogens (tertiary/aromatic N) is 1. The predicted octanol–water partition coefficient (Wildman–Crippen LogP) is 1.62. The maximum Gasteiger partial charge on any atom is 0.410 e. The van der Waals surface area contributed by atoms with Gasteiger partial charge in [-0.2, -0.15) is 0 Å². The SMILES string of the molecule is C[C@H]1[C@@H]2CN(C(=O)OC(C)(C)C)[C@H]1C[C@@H]2O. The third-order valence-corrected chi connectivity index (χ3v) is 3.70. The summed E-state index contributed by atoms with van der Waals surface area (Å²) in [4.78, 5) is 13.7. The molecule has 4 atom stereocenters. The standard InChI is InChI=1S/C12H21NO3/c1-7-8-6-13(9(7)5-10(8)14)11(15)16-12(2,3)4/h7-10,14H,5-6H2,1-4H3/t7-,8-,9-,10-/m0/s1. The molecule has 0 aromatic rings. The minimum Gasteiger partial charge on any atom is -0.444 e. The van der Waals surface area contributed by atoms with Crippen LogP contribution in [0.15, 0.2) is 0 Å². The van der Waals surface area contributed by atoms with Gasteiger partial charge in [0.25, 0.3) is 0 Å². The Kier molecular flexibility index (Phi) is 2.65. The van der Waals surface area contributed by atoms with Crippen molar-refractivity contribution in [2.24, 2.45) is 11.8 Å². The highest BCUT2D eigenvalue weighted by Crippen LogP contribution is 2.43. The van der Waals surface area contributed by atoms with Crippen molar-refractivity contribution in [2.45, 2.75) is 51.9 Å². The predicted molar refractivity (Wildman–Crippen MR) is 60.0 cm³/mol. The molecule has 2 fully saturated rings. The smallest absolute Gasteiger partial charge is 0.410 e. The zero-order chi connectivity index (χ0) is 12.1. The number of rotatable bonds is 0. The Bertz CT molecular complexity index is 297. The molecule has 0 aromatic heterocycles. The summed E-state index contributed by atoms with van der Waals surface area (Å²) in [6.07, 6.45) is 0.225. The van der Waals surface area contributed by atoms with E-state index in [1.54, 1.807) is 4.90 Å². The summed E-state index contributed by atoms with van der Waals surface area (Å²) in [5.74, 6) is 0.625. The molecule has 1 saturated carbocycles. The Morgan fingerprint density at radius 2 is 2.06 bits per heavy atom. The lowest BCUT2D eigenvalue weighted by Gasteiger charge is -2.31. The molecule has 1 aliphatic heterocycles. The average molecular weight is 227 g/mol. The molecule has 0 spiro atoms. The third kappa shape index (κ3) is 1.90. The van der Waals surface area contributed by atoms with E-state index >= 15 is 0 Å². The van der Waals surface area contributed by atoms with Crippen molar-refractivity contribution in [3.05, 3.63) is 0 Å². The molecule has 0 unspecified atom stereocenters. The highest BCUT2D eigenvalue weighted by molar-refractivity contribution is 5.69. The first-order valence-corrected chi connectivity index (χ1v) is 5.97. The zero-order valence-electron chi connectivity index (χ0n) is 10.4. The van der Waals surface area contributed by atoms with Crippen LogP contribution in [0, 0.1) is 11.8 Å². The van der Waals surface area contributed by atoms with E-state index in [4.69, 9.17) is 4.74 Å². The van der Waals surface area contributed by atoms with E-state index < -0.39 is 5.60 Å². The Morgan fingerprint density at radius 1 is 1.44 bits per heavy atom. The topological polar surface area (TPSA) is 49.8 Å². The first-order chi connectivity index (χ1) is 7.29. The number of fused-ring (bicyclic) bond motifs is 2. The number of likely N-dealkylation sites (tertiary alicyclic amines) is 1. The number of carbonyl (C=O) groups is 1. The first kappa shape index (κ1) is 11.7. The number of ether oxygens (including phenoxy) is 1. The van der Waals surface area contributed by atoms with Crippen LogP contribution < -0.4 is 0 Å². The largest absolute Gasteiger partial charge is 0.444 e. The van der Waals surface area contributed by atoms with E-state index in [-0.39, 0.29) is 24.2 Å². The Balaban J connectivity index is 2.01. The molecule has 0 aromatic carbocycles. The number of aliphatic hydroxyl groups is 1. The van der Waals surface area contributed by atoms with Crippen LogP contribution in [0.3, 0.4) is 0 Å². The molecule has 4 heteroatoms. The number of aliphatic hydroxyl groups excluding tert-OH is 1. The van der Waals surface area contributed by atoms with Crippen molar-refractivity contribution in [3.63, 3.8) is 0 Å². The van der Waals surface area contributed by atoms with Crippen LogP contribution in [-0.2, 0) is 4.74 Å². The van der Waals surface area contributed by atoms with Gasteiger partial charge in [-0.1, -0.05) is 6.92 Å². The number of piperidine rings is 1. The number of amides is 1. The van der Waals surface area contributed by atoms with Crippen molar-refractivity contribution >= 4 is 6.09 Å². The van der Waals surface area contributed by atoms with Crippen LogP contribution in [-0.4, -0.2) is 40.4 Å². The molecule has 4 nitrogen and oxygen atoms in total. The molecule has 2 bridgehead atoms. The molecule has 2 aliphatic rings. The van der Waals surface area contributed by atoms with Crippen LogP contribution in [0.4, 0.5) is 4.79 Å². The van der Waals surface area contributed by atoms with Gasteiger partial charge in [0.1, 0.15) is 5.60 Å². The van der Waals surface area contributed by atoms with Gasteiger partial charge in [-0.25, -0.2) is 4.79 Å². The summed E-state index contributed by atoms with van der Waals surface area (Å²) >= 11 is 0. The summed E-state index contributed by atoms with van der Waals surface area (Å²) < 4.78 is 5.36. The highest BCUT2D eigenvalue weighted by Gasteiger charge is 2.52. The molecule has 1 amide bonds. The van der Waals surface area contributed by atoms with Gasteiger partial charge in [-0.05, 0) is 33.1 Å². The fourth-order valence-corrected chi connectivity index (χ4v) is 2.86. The van der Waals surface area contributed by atoms with Crippen LogP contribution in [0.1, 0.15) is 34.1 Å². The van der Waals surface area contributed by atoms with Crippen molar-refractivity contribution in [3.8, 4) is 0 Å². The maximum absolute atomic E-state index is 11.9. The lowest BCUT2D eigenvalue weighted by Crippen LogP contribution is -2.44. The molecule has 0 radical (unpaired) electrons.